The van der Waals surface area contributed by atoms with Crippen LogP contribution in [0.5, 0.6) is 0 Å². The minimum atomic E-state index is -0.559. The average molecular weight is 239 g/mol. The van der Waals surface area contributed by atoms with Crippen molar-refractivity contribution in [2.75, 3.05) is 20.1 Å². The Morgan fingerprint density at radius 3 is 2.53 bits per heavy atom. The molecule has 6 nitrogen and oxygen atoms in total. The molecule has 2 fully saturated rings. The summed E-state index contributed by atoms with van der Waals surface area (Å²) in [6.07, 6.45) is 0.554. The van der Waals surface area contributed by atoms with E-state index in [0.29, 0.717) is 19.5 Å². The Bertz CT molecular complexity index is 380. The lowest BCUT2D eigenvalue weighted by atomic mass is 9.87. The number of fused-ring (bicyclic) bond motifs is 1. The second-order valence-electron chi connectivity index (χ2n) is 4.81. The zero-order valence-electron chi connectivity index (χ0n) is 10.0. The number of likely N-dealkylation sites (tertiary alicyclic amines) is 2. The first-order valence-corrected chi connectivity index (χ1v) is 5.79. The van der Waals surface area contributed by atoms with E-state index in [4.69, 9.17) is 5.73 Å². The quantitative estimate of drug-likeness (QED) is 0.582. The van der Waals surface area contributed by atoms with Crippen molar-refractivity contribution in [1.29, 1.82) is 0 Å². The van der Waals surface area contributed by atoms with Gasteiger partial charge in [0.05, 0.1) is 17.9 Å². The van der Waals surface area contributed by atoms with Gasteiger partial charge in [-0.2, -0.15) is 0 Å². The third-order valence-corrected chi connectivity index (χ3v) is 3.61. The fourth-order valence-corrected chi connectivity index (χ4v) is 2.59. The number of nitrogens with two attached hydrogens (primary N) is 1. The van der Waals surface area contributed by atoms with E-state index in [1.807, 2.05) is 0 Å². The minimum absolute atomic E-state index is 0.118. The van der Waals surface area contributed by atoms with Gasteiger partial charge < -0.3 is 10.6 Å². The summed E-state index contributed by atoms with van der Waals surface area (Å²) in [5.74, 6) is -1.07. The first-order chi connectivity index (χ1) is 7.93. The molecule has 2 aliphatic rings. The molecule has 0 spiro atoms. The normalized spacial score (nSPS) is 30.5. The van der Waals surface area contributed by atoms with Crippen LogP contribution in [0.1, 0.15) is 13.3 Å². The number of nitrogens with zero attached hydrogens (tertiary/aromatic N) is 2. The molecule has 2 saturated heterocycles. The van der Waals surface area contributed by atoms with Gasteiger partial charge in [-0.1, -0.05) is 0 Å². The largest absolute Gasteiger partial charge is 0.341 e. The van der Waals surface area contributed by atoms with Gasteiger partial charge in [-0.25, -0.2) is 0 Å². The van der Waals surface area contributed by atoms with E-state index in [1.54, 1.807) is 11.8 Å². The van der Waals surface area contributed by atoms with Crippen LogP contribution in [0, 0.1) is 11.8 Å². The summed E-state index contributed by atoms with van der Waals surface area (Å²) in [6.45, 7) is 2.45. The van der Waals surface area contributed by atoms with Crippen LogP contribution in [0.15, 0.2) is 0 Å². The molecule has 3 amide bonds. The van der Waals surface area contributed by atoms with Gasteiger partial charge in [-0.05, 0) is 13.3 Å². The average Bonchev–Trinajstić information content (AvgIpc) is 2.53. The van der Waals surface area contributed by atoms with Crippen LogP contribution in [-0.2, 0) is 14.4 Å². The standard InChI is InChI=1S/C11H17N3O3/c1-6(12)9(15)14-4-3-7-8(5-14)11(17)13(2)10(7)16/h6-8H,3-5,12H2,1-2H3. The van der Waals surface area contributed by atoms with Gasteiger partial charge in [0, 0.05) is 20.1 Å². The highest BCUT2D eigenvalue weighted by Crippen LogP contribution is 2.32. The van der Waals surface area contributed by atoms with Crippen LogP contribution in [0.4, 0.5) is 0 Å². The number of imide groups is 1. The first kappa shape index (κ1) is 12.0. The van der Waals surface area contributed by atoms with E-state index in [0.717, 1.165) is 0 Å². The van der Waals surface area contributed by atoms with E-state index in [1.165, 1.54) is 11.9 Å². The lowest BCUT2D eigenvalue weighted by Gasteiger charge is -2.33. The number of piperidine rings is 1. The molecular weight excluding hydrogens is 222 g/mol. The number of carbonyl (C=O) groups is 3. The topological polar surface area (TPSA) is 83.7 Å². The summed E-state index contributed by atoms with van der Waals surface area (Å²) in [5, 5.41) is 0. The Labute approximate surface area is 99.7 Å². The lowest BCUT2D eigenvalue weighted by Crippen LogP contribution is -2.49. The van der Waals surface area contributed by atoms with Gasteiger partial charge >= 0.3 is 0 Å². The van der Waals surface area contributed by atoms with Gasteiger partial charge in [-0.15, -0.1) is 0 Å². The summed E-state index contributed by atoms with van der Waals surface area (Å²) < 4.78 is 0. The van der Waals surface area contributed by atoms with Crippen molar-refractivity contribution >= 4 is 17.7 Å². The molecule has 2 aliphatic heterocycles. The third kappa shape index (κ3) is 1.82. The van der Waals surface area contributed by atoms with Gasteiger partial charge in [0.1, 0.15) is 0 Å². The molecule has 0 saturated carbocycles. The van der Waals surface area contributed by atoms with Crippen LogP contribution in [0.3, 0.4) is 0 Å². The molecule has 2 N–H and O–H groups in total. The summed E-state index contributed by atoms with van der Waals surface area (Å²) in [4.78, 5) is 38.1. The molecule has 0 aromatic rings. The molecule has 3 atom stereocenters. The van der Waals surface area contributed by atoms with Crippen molar-refractivity contribution in [1.82, 2.24) is 9.80 Å². The number of hydrogen-bond donors (Lipinski definition) is 1. The van der Waals surface area contributed by atoms with Gasteiger partial charge in [-0.3, -0.25) is 19.3 Å². The molecule has 94 valence electrons. The Kier molecular flexibility index (Phi) is 2.91. The summed E-state index contributed by atoms with van der Waals surface area (Å²) >= 11 is 0. The molecule has 0 aliphatic carbocycles. The van der Waals surface area contributed by atoms with Crippen LogP contribution in [0.25, 0.3) is 0 Å². The van der Waals surface area contributed by atoms with Crippen LogP contribution in [0.2, 0.25) is 0 Å². The summed E-state index contributed by atoms with van der Waals surface area (Å²) in [5.41, 5.74) is 5.54. The van der Waals surface area contributed by atoms with Crippen molar-refractivity contribution in [2.24, 2.45) is 17.6 Å². The second-order valence-corrected chi connectivity index (χ2v) is 4.81. The van der Waals surface area contributed by atoms with Crippen LogP contribution >= 0.6 is 0 Å². The molecule has 6 heteroatoms. The molecule has 3 unspecified atom stereocenters. The highest BCUT2D eigenvalue weighted by atomic mass is 16.2. The summed E-state index contributed by atoms with van der Waals surface area (Å²) in [6, 6.07) is -0.559. The van der Waals surface area contributed by atoms with E-state index in [2.05, 4.69) is 0 Å². The zero-order valence-corrected chi connectivity index (χ0v) is 10.0. The molecule has 0 aromatic heterocycles. The third-order valence-electron chi connectivity index (χ3n) is 3.61. The Hall–Kier alpha value is -1.43. The fourth-order valence-electron chi connectivity index (χ4n) is 2.59. The van der Waals surface area contributed by atoms with Crippen LogP contribution < -0.4 is 5.73 Å². The monoisotopic (exact) mass is 239 g/mol. The predicted molar refractivity (Wildman–Crippen MR) is 59.6 cm³/mol. The number of hydrogen-bond acceptors (Lipinski definition) is 4. The van der Waals surface area contributed by atoms with Crippen molar-refractivity contribution in [2.45, 2.75) is 19.4 Å². The van der Waals surface area contributed by atoms with Crippen molar-refractivity contribution in [3.8, 4) is 0 Å². The molecule has 0 bridgehead atoms. The lowest BCUT2D eigenvalue weighted by molar-refractivity contribution is -0.138. The fraction of sp³-hybridized carbons (Fsp3) is 0.727. The van der Waals surface area contributed by atoms with Crippen molar-refractivity contribution in [3.63, 3.8) is 0 Å². The van der Waals surface area contributed by atoms with Crippen molar-refractivity contribution in [3.05, 3.63) is 0 Å². The summed E-state index contributed by atoms with van der Waals surface area (Å²) in [7, 11) is 1.50. The van der Waals surface area contributed by atoms with Crippen LogP contribution in [-0.4, -0.2) is 53.7 Å². The number of carbonyl (C=O) groups excluding carboxylic acids is 3. The highest BCUT2D eigenvalue weighted by molar-refractivity contribution is 6.05. The van der Waals surface area contributed by atoms with Gasteiger partial charge in [0.15, 0.2) is 0 Å². The number of rotatable bonds is 1. The molecule has 17 heavy (non-hydrogen) atoms. The Balaban J connectivity index is 2.12. The SMILES string of the molecule is CC(N)C(=O)N1CCC2C(=O)N(C)C(=O)C2C1. The Morgan fingerprint density at radius 1 is 1.35 bits per heavy atom. The van der Waals surface area contributed by atoms with Gasteiger partial charge in [0.2, 0.25) is 17.7 Å². The minimum Gasteiger partial charge on any atom is -0.341 e. The predicted octanol–water partition coefficient (Wildman–Crippen LogP) is -1.20. The maximum atomic E-state index is 11.8. The van der Waals surface area contributed by atoms with Gasteiger partial charge in [0.25, 0.3) is 0 Å². The molecule has 0 radical (unpaired) electrons. The Morgan fingerprint density at radius 2 is 1.94 bits per heavy atom. The highest BCUT2D eigenvalue weighted by Gasteiger charge is 2.49. The van der Waals surface area contributed by atoms with E-state index < -0.39 is 6.04 Å². The van der Waals surface area contributed by atoms with Crippen molar-refractivity contribution < 1.29 is 14.4 Å². The molecule has 0 aromatic carbocycles. The van der Waals surface area contributed by atoms with E-state index >= 15 is 0 Å². The maximum absolute atomic E-state index is 11.8. The zero-order chi connectivity index (χ0) is 12.7. The second kappa shape index (κ2) is 4.10. The molecule has 2 heterocycles. The first-order valence-electron chi connectivity index (χ1n) is 5.79. The van der Waals surface area contributed by atoms with E-state index in [-0.39, 0.29) is 29.6 Å². The molecular formula is C11H17N3O3. The van der Waals surface area contributed by atoms with E-state index in [9.17, 15) is 14.4 Å². The molecule has 2 rings (SSSR count). The maximum Gasteiger partial charge on any atom is 0.239 e. The smallest absolute Gasteiger partial charge is 0.239 e. The number of amides is 3.